The molecule has 100 valence electrons. The molecule has 0 saturated carbocycles. The second kappa shape index (κ2) is 4.87. The van der Waals surface area contributed by atoms with Gasteiger partial charge < -0.3 is 0 Å². The van der Waals surface area contributed by atoms with Crippen molar-refractivity contribution in [3.63, 3.8) is 0 Å². The molecule has 0 amide bonds. The number of para-hydroxylation sites is 1. The summed E-state index contributed by atoms with van der Waals surface area (Å²) in [6.45, 7) is 0. The summed E-state index contributed by atoms with van der Waals surface area (Å²) in [6.07, 6.45) is 5.43. The van der Waals surface area contributed by atoms with E-state index < -0.39 is 0 Å². The number of aryl methyl sites for hydroxylation is 1. The monoisotopic (exact) mass is 281 g/mol. The summed E-state index contributed by atoms with van der Waals surface area (Å²) in [5.41, 5.74) is 2.58. The standard InChI is InChI=1S/C16H15N3S/c1-2-5-12(6-3-1)19-11-17-18-16(19)14-7-4-8-15-13(14)9-10-20-15/h1-3,5-6,9-11,14H,4,7-8H2. The minimum atomic E-state index is 0.382. The summed E-state index contributed by atoms with van der Waals surface area (Å²) in [4.78, 5) is 1.52. The molecule has 20 heavy (non-hydrogen) atoms. The molecule has 1 aliphatic rings. The normalized spacial score (nSPS) is 17.9. The lowest BCUT2D eigenvalue weighted by Gasteiger charge is -2.22. The molecular formula is C16H15N3S. The largest absolute Gasteiger partial charge is 0.285 e. The summed E-state index contributed by atoms with van der Waals surface area (Å²) < 4.78 is 2.12. The Hall–Kier alpha value is -1.94. The molecule has 2 aromatic heterocycles. The van der Waals surface area contributed by atoms with E-state index in [4.69, 9.17) is 0 Å². The Morgan fingerprint density at radius 2 is 2.05 bits per heavy atom. The topological polar surface area (TPSA) is 30.7 Å². The summed E-state index contributed by atoms with van der Waals surface area (Å²) >= 11 is 1.87. The molecule has 4 heteroatoms. The van der Waals surface area contributed by atoms with E-state index in [9.17, 15) is 0 Å². The quantitative estimate of drug-likeness (QED) is 0.715. The third-order valence-corrected chi connectivity index (χ3v) is 4.97. The van der Waals surface area contributed by atoms with Crippen LogP contribution in [0.3, 0.4) is 0 Å². The molecule has 0 bridgehead atoms. The number of nitrogens with zero attached hydrogens (tertiary/aromatic N) is 3. The van der Waals surface area contributed by atoms with Crippen LogP contribution in [0.1, 0.15) is 35.0 Å². The Kier molecular flexibility index (Phi) is 2.89. The number of thiophene rings is 1. The molecule has 1 aliphatic carbocycles. The predicted octanol–water partition coefficient (Wildman–Crippen LogP) is 3.80. The van der Waals surface area contributed by atoms with Crippen molar-refractivity contribution in [1.82, 2.24) is 14.8 Å². The molecule has 3 nitrogen and oxygen atoms in total. The Morgan fingerprint density at radius 1 is 1.15 bits per heavy atom. The maximum absolute atomic E-state index is 4.41. The van der Waals surface area contributed by atoms with Gasteiger partial charge in [-0.05, 0) is 48.4 Å². The molecule has 0 spiro atoms. The number of hydrogen-bond donors (Lipinski definition) is 0. The lowest BCUT2D eigenvalue weighted by Crippen LogP contribution is -2.13. The van der Waals surface area contributed by atoms with Gasteiger partial charge in [-0.2, -0.15) is 0 Å². The molecule has 0 radical (unpaired) electrons. The van der Waals surface area contributed by atoms with Crippen molar-refractivity contribution in [2.24, 2.45) is 0 Å². The van der Waals surface area contributed by atoms with Crippen LogP contribution in [0.25, 0.3) is 5.69 Å². The number of rotatable bonds is 2. The molecule has 1 unspecified atom stereocenters. The van der Waals surface area contributed by atoms with E-state index in [-0.39, 0.29) is 0 Å². The van der Waals surface area contributed by atoms with Crippen molar-refractivity contribution in [1.29, 1.82) is 0 Å². The molecule has 2 heterocycles. The minimum absolute atomic E-state index is 0.382. The second-order valence-corrected chi connectivity index (χ2v) is 6.14. The fourth-order valence-electron chi connectivity index (χ4n) is 3.02. The molecular weight excluding hydrogens is 266 g/mol. The lowest BCUT2D eigenvalue weighted by molar-refractivity contribution is 0.589. The highest BCUT2D eigenvalue weighted by Gasteiger charge is 2.26. The van der Waals surface area contributed by atoms with Crippen LogP contribution in [0, 0.1) is 0 Å². The smallest absolute Gasteiger partial charge is 0.144 e. The van der Waals surface area contributed by atoms with Gasteiger partial charge in [0.25, 0.3) is 0 Å². The maximum Gasteiger partial charge on any atom is 0.144 e. The first-order valence-electron chi connectivity index (χ1n) is 6.95. The Bertz CT molecular complexity index is 714. The predicted molar refractivity (Wildman–Crippen MR) is 80.5 cm³/mol. The van der Waals surface area contributed by atoms with Crippen molar-refractivity contribution >= 4 is 11.3 Å². The van der Waals surface area contributed by atoms with Crippen LogP contribution in [-0.4, -0.2) is 14.8 Å². The lowest BCUT2D eigenvalue weighted by atomic mass is 9.87. The van der Waals surface area contributed by atoms with Crippen molar-refractivity contribution in [2.75, 3.05) is 0 Å². The van der Waals surface area contributed by atoms with Crippen molar-refractivity contribution in [3.8, 4) is 5.69 Å². The average Bonchev–Trinajstić information content (AvgIpc) is 3.16. The number of benzene rings is 1. The molecule has 4 rings (SSSR count). The van der Waals surface area contributed by atoms with E-state index in [1.165, 1.54) is 23.3 Å². The third-order valence-electron chi connectivity index (χ3n) is 3.97. The van der Waals surface area contributed by atoms with Crippen LogP contribution in [0.4, 0.5) is 0 Å². The van der Waals surface area contributed by atoms with E-state index in [0.29, 0.717) is 5.92 Å². The zero-order valence-corrected chi connectivity index (χ0v) is 11.9. The van der Waals surface area contributed by atoms with Gasteiger partial charge in [0.15, 0.2) is 0 Å². The van der Waals surface area contributed by atoms with E-state index in [0.717, 1.165) is 17.9 Å². The summed E-state index contributed by atoms with van der Waals surface area (Å²) in [5, 5.41) is 10.8. The minimum Gasteiger partial charge on any atom is -0.285 e. The van der Waals surface area contributed by atoms with Crippen LogP contribution in [0.5, 0.6) is 0 Å². The van der Waals surface area contributed by atoms with Gasteiger partial charge in [-0.3, -0.25) is 4.57 Å². The first-order chi connectivity index (χ1) is 9.93. The van der Waals surface area contributed by atoms with E-state index in [1.54, 1.807) is 0 Å². The van der Waals surface area contributed by atoms with Gasteiger partial charge in [-0.25, -0.2) is 0 Å². The fourth-order valence-corrected chi connectivity index (χ4v) is 4.01. The highest BCUT2D eigenvalue weighted by Crippen LogP contribution is 2.38. The SMILES string of the molecule is c1ccc(-n2cnnc2C2CCCc3sccc32)cc1. The summed E-state index contributed by atoms with van der Waals surface area (Å²) in [6, 6.07) is 12.6. The fraction of sp³-hybridized carbons (Fsp3) is 0.250. The van der Waals surface area contributed by atoms with Crippen LogP contribution in [0.2, 0.25) is 0 Å². The molecule has 1 aromatic carbocycles. The molecule has 0 saturated heterocycles. The zero-order chi connectivity index (χ0) is 13.4. The molecule has 0 fully saturated rings. The van der Waals surface area contributed by atoms with Gasteiger partial charge in [0.1, 0.15) is 12.2 Å². The van der Waals surface area contributed by atoms with Gasteiger partial charge in [0.05, 0.1) is 0 Å². The second-order valence-electron chi connectivity index (χ2n) is 5.14. The molecule has 1 atom stereocenters. The van der Waals surface area contributed by atoms with Crippen LogP contribution in [-0.2, 0) is 6.42 Å². The van der Waals surface area contributed by atoms with Crippen LogP contribution in [0.15, 0.2) is 48.1 Å². The Labute approximate surface area is 121 Å². The number of aromatic nitrogens is 3. The van der Waals surface area contributed by atoms with Crippen molar-refractivity contribution in [2.45, 2.75) is 25.2 Å². The Morgan fingerprint density at radius 3 is 2.95 bits per heavy atom. The zero-order valence-electron chi connectivity index (χ0n) is 11.1. The third kappa shape index (κ3) is 1.88. The molecule has 0 aliphatic heterocycles. The first kappa shape index (κ1) is 11.9. The molecule has 3 aromatic rings. The van der Waals surface area contributed by atoms with Gasteiger partial charge in [0.2, 0.25) is 0 Å². The van der Waals surface area contributed by atoms with Gasteiger partial charge in [-0.1, -0.05) is 18.2 Å². The van der Waals surface area contributed by atoms with Crippen molar-refractivity contribution in [3.05, 3.63) is 64.4 Å². The first-order valence-corrected chi connectivity index (χ1v) is 7.83. The highest BCUT2D eigenvalue weighted by atomic mass is 32.1. The summed E-state index contributed by atoms with van der Waals surface area (Å²) in [7, 11) is 0. The van der Waals surface area contributed by atoms with E-state index >= 15 is 0 Å². The van der Waals surface area contributed by atoms with Crippen LogP contribution >= 0.6 is 11.3 Å². The highest BCUT2D eigenvalue weighted by molar-refractivity contribution is 7.10. The van der Waals surface area contributed by atoms with E-state index in [2.05, 4.69) is 50.5 Å². The van der Waals surface area contributed by atoms with Gasteiger partial charge >= 0.3 is 0 Å². The Balaban J connectivity index is 1.81. The average molecular weight is 281 g/mol. The van der Waals surface area contributed by atoms with Crippen molar-refractivity contribution < 1.29 is 0 Å². The van der Waals surface area contributed by atoms with Gasteiger partial charge in [0, 0.05) is 16.5 Å². The van der Waals surface area contributed by atoms with E-state index in [1.807, 2.05) is 23.7 Å². The summed E-state index contributed by atoms with van der Waals surface area (Å²) in [5.74, 6) is 1.45. The maximum atomic E-state index is 4.41. The molecule has 0 N–H and O–H groups in total. The number of hydrogen-bond acceptors (Lipinski definition) is 3. The number of fused-ring (bicyclic) bond motifs is 1. The van der Waals surface area contributed by atoms with Crippen LogP contribution < -0.4 is 0 Å². The van der Waals surface area contributed by atoms with Gasteiger partial charge in [-0.15, -0.1) is 21.5 Å².